The van der Waals surface area contributed by atoms with E-state index in [9.17, 15) is 9.59 Å². The highest BCUT2D eigenvalue weighted by molar-refractivity contribution is 7.13. The van der Waals surface area contributed by atoms with E-state index in [-0.39, 0.29) is 12.5 Å². The van der Waals surface area contributed by atoms with Crippen LogP contribution in [-0.2, 0) is 16.1 Å². The molecule has 2 rings (SSSR count). The summed E-state index contributed by atoms with van der Waals surface area (Å²) in [5, 5.41) is 25.1. The first-order valence-corrected chi connectivity index (χ1v) is 7.19. The maximum Gasteiger partial charge on any atom is 0.326 e. The van der Waals surface area contributed by atoms with Crippen molar-refractivity contribution in [1.82, 2.24) is 25.5 Å². The van der Waals surface area contributed by atoms with Crippen molar-refractivity contribution in [1.29, 1.82) is 0 Å². The number of tetrazole rings is 1. The number of aromatic nitrogens is 4. The van der Waals surface area contributed by atoms with Crippen LogP contribution in [0.15, 0.2) is 17.5 Å². The van der Waals surface area contributed by atoms with Crippen LogP contribution in [-0.4, -0.2) is 43.2 Å². The van der Waals surface area contributed by atoms with Crippen molar-refractivity contribution in [2.24, 2.45) is 5.92 Å². The average Bonchev–Trinajstić information content (AvgIpc) is 3.05. The Hall–Kier alpha value is -2.29. The van der Waals surface area contributed by atoms with Crippen LogP contribution < -0.4 is 5.32 Å². The summed E-state index contributed by atoms with van der Waals surface area (Å²) in [5.41, 5.74) is 0. The summed E-state index contributed by atoms with van der Waals surface area (Å²) in [4.78, 5) is 24.8. The molecule has 21 heavy (non-hydrogen) atoms. The van der Waals surface area contributed by atoms with Crippen LogP contribution in [0.5, 0.6) is 0 Å². The van der Waals surface area contributed by atoms with Crippen LogP contribution >= 0.6 is 11.3 Å². The molecule has 9 heteroatoms. The van der Waals surface area contributed by atoms with Gasteiger partial charge in [0, 0.05) is 0 Å². The summed E-state index contributed by atoms with van der Waals surface area (Å²) in [6, 6.07) is 2.79. The van der Waals surface area contributed by atoms with Crippen LogP contribution in [0.1, 0.15) is 13.8 Å². The van der Waals surface area contributed by atoms with E-state index in [0.717, 1.165) is 9.67 Å². The third-order valence-corrected chi connectivity index (χ3v) is 3.59. The van der Waals surface area contributed by atoms with Crippen LogP contribution in [0, 0.1) is 5.92 Å². The van der Waals surface area contributed by atoms with E-state index < -0.39 is 17.9 Å². The molecule has 1 atom stereocenters. The largest absolute Gasteiger partial charge is 0.480 e. The molecule has 0 spiro atoms. The second kappa shape index (κ2) is 6.44. The minimum Gasteiger partial charge on any atom is -0.480 e. The van der Waals surface area contributed by atoms with E-state index in [4.69, 9.17) is 5.11 Å². The molecular formula is C12H15N5O3S. The van der Waals surface area contributed by atoms with Crippen molar-refractivity contribution in [3.05, 3.63) is 17.5 Å². The van der Waals surface area contributed by atoms with Gasteiger partial charge in [0.15, 0.2) is 0 Å². The summed E-state index contributed by atoms with van der Waals surface area (Å²) >= 11 is 1.47. The van der Waals surface area contributed by atoms with Crippen molar-refractivity contribution in [2.45, 2.75) is 26.4 Å². The van der Waals surface area contributed by atoms with Crippen molar-refractivity contribution in [3.8, 4) is 10.7 Å². The first-order valence-electron chi connectivity index (χ1n) is 6.31. The van der Waals surface area contributed by atoms with Gasteiger partial charge in [0.1, 0.15) is 12.6 Å². The molecule has 0 aliphatic carbocycles. The monoisotopic (exact) mass is 309 g/mol. The fourth-order valence-electron chi connectivity index (χ4n) is 1.68. The molecule has 0 unspecified atom stereocenters. The molecule has 8 nitrogen and oxygen atoms in total. The molecule has 2 N–H and O–H groups in total. The number of hydrogen-bond donors (Lipinski definition) is 2. The quantitative estimate of drug-likeness (QED) is 0.809. The number of rotatable bonds is 6. The molecule has 112 valence electrons. The standard InChI is InChI=1S/C12H15N5O3S/c1-7(2)10(12(19)20)13-9(18)6-17-15-11(14-16-17)8-4-3-5-21-8/h3-5,7,10H,6H2,1-2H3,(H,13,18)(H,19,20)/t10-/m1/s1. The van der Waals surface area contributed by atoms with Crippen LogP contribution in [0.25, 0.3) is 10.7 Å². The smallest absolute Gasteiger partial charge is 0.326 e. The normalized spacial score (nSPS) is 12.3. The van der Waals surface area contributed by atoms with Gasteiger partial charge in [-0.2, -0.15) is 4.80 Å². The fraction of sp³-hybridized carbons (Fsp3) is 0.417. The number of amides is 1. The van der Waals surface area contributed by atoms with Crippen molar-refractivity contribution >= 4 is 23.2 Å². The van der Waals surface area contributed by atoms with Crippen LogP contribution in [0.3, 0.4) is 0 Å². The van der Waals surface area contributed by atoms with Gasteiger partial charge in [-0.05, 0) is 22.6 Å². The second-order valence-corrected chi connectivity index (χ2v) is 5.70. The van der Waals surface area contributed by atoms with Gasteiger partial charge < -0.3 is 10.4 Å². The van der Waals surface area contributed by atoms with E-state index in [0.29, 0.717) is 5.82 Å². The SMILES string of the molecule is CC(C)[C@@H](NC(=O)Cn1nnc(-c2cccs2)n1)C(=O)O. The van der Waals surface area contributed by atoms with Crippen molar-refractivity contribution in [2.75, 3.05) is 0 Å². The molecule has 0 aliphatic rings. The zero-order chi connectivity index (χ0) is 15.4. The fourth-order valence-corrected chi connectivity index (χ4v) is 2.32. The summed E-state index contributed by atoms with van der Waals surface area (Å²) in [6.45, 7) is 3.28. The topological polar surface area (TPSA) is 110 Å². The number of nitrogens with zero attached hydrogens (tertiary/aromatic N) is 4. The molecule has 2 heterocycles. The van der Waals surface area contributed by atoms with Crippen LogP contribution in [0.4, 0.5) is 0 Å². The maximum atomic E-state index is 11.8. The third-order valence-electron chi connectivity index (χ3n) is 2.73. The number of nitrogens with one attached hydrogen (secondary N) is 1. The third kappa shape index (κ3) is 3.85. The van der Waals surface area contributed by atoms with Gasteiger partial charge in [-0.15, -0.1) is 21.5 Å². The molecule has 0 saturated carbocycles. The molecule has 0 radical (unpaired) electrons. The lowest BCUT2D eigenvalue weighted by Gasteiger charge is -2.17. The molecule has 2 aromatic rings. The van der Waals surface area contributed by atoms with Gasteiger partial charge in [0.2, 0.25) is 11.7 Å². The minimum atomic E-state index is -1.07. The van der Waals surface area contributed by atoms with E-state index in [1.165, 1.54) is 11.3 Å². The maximum absolute atomic E-state index is 11.8. The molecule has 0 fully saturated rings. The summed E-state index contributed by atoms with van der Waals surface area (Å²) in [5.74, 6) is -1.30. The molecule has 0 bridgehead atoms. The van der Waals surface area contributed by atoms with Gasteiger partial charge >= 0.3 is 5.97 Å². The number of carbonyl (C=O) groups excluding carboxylic acids is 1. The van der Waals surface area contributed by atoms with E-state index in [1.807, 2.05) is 17.5 Å². The minimum absolute atomic E-state index is 0.172. The summed E-state index contributed by atoms with van der Waals surface area (Å²) in [7, 11) is 0. The average molecular weight is 309 g/mol. The number of carboxylic acids is 1. The number of hydrogen-bond acceptors (Lipinski definition) is 6. The second-order valence-electron chi connectivity index (χ2n) is 4.75. The number of aliphatic carboxylic acids is 1. The van der Waals surface area contributed by atoms with Gasteiger partial charge in [-0.25, -0.2) is 4.79 Å². The Balaban J connectivity index is 1.98. The Bertz CT molecular complexity index is 623. The zero-order valence-electron chi connectivity index (χ0n) is 11.6. The van der Waals surface area contributed by atoms with E-state index in [2.05, 4.69) is 20.7 Å². The first-order chi connectivity index (χ1) is 9.97. The highest BCUT2D eigenvalue weighted by Crippen LogP contribution is 2.19. The molecule has 0 saturated heterocycles. The Morgan fingerprint density at radius 3 is 2.81 bits per heavy atom. The number of carboxylic acid groups (broad SMARTS) is 1. The lowest BCUT2D eigenvalue weighted by atomic mass is 10.1. The highest BCUT2D eigenvalue weighted by Gasteiger charge is 2.23. The van der Waals surface area contributed by atoms with Crippen molar-refractivity contribution in [3.63, 3.8) is 0 Å². The Kier molecular flexibility index (Phi) is 4.63. The van der Waals surface area contributed by atoms with E-state index in [1.54, 1.807) is 13.8 Å². The van der Waals surface area contributed by atoms with E-state index >= 15 is 0 Å². The number of thiophene rings is 1. The highest BCUT2D eigenvalue weighted by atomic mass is 32.1. The first kappa shape index (κ1) is 15.1. The van der Waals surface area contributed by atoms with Crippen molar-refractivity contribution < 1.29 is 14.7 Å². The predicted molar refractivity (Wildman–Crippen MR) is 75.5 cm³/mol. The molecular weight excluding hydrogens is 294 g/mol. The molecule has 1 amide bonds. The summed E-state index contributed by atoms with van der Waals surface area (Å²) in [6.07, 6.45) is 0. The number of carbonyl (C=O) groups is 2. The van der Waals surface area contributed by atoms with Crippen LogP contribution in [0.2, 0.25) is 0 Å². The summed E-state index contributed by atoms with van der Waals surface area (Å²) < 4.78 is 0. The Morgan fingerprint density at radius 2 is 2.24 bits per heavy atom. The molecule has 0 aliphatic heterocycles. The lowest BCUT2D eigenvalue weighted by Crippen LogP contribution is -2.45. The van der Waals surface area contributed by atoms with Gasteiger partial charge in [0.05, 0.1) is 4.88 Å². The Labute approximate surface area is 124 Å². The lowest BCUT2D eigenvalue weighted by molar-refractivity contribution is -0.143. The molecule has 2 aromatic heterocycles. The van der Waals surface area contributed by atoms with Gasteiger partial charge in [-0.3, -0.25) is 4.79 Å². The Morgan fingerprint density at radius 1 is 1.48 bits per heavy atom. The zero-order valence-corrected chi connectivity index (χ0v) is 12.4. The van der Waals surface area contributed by atoms with Gasteiger partial charge in [-0.1, -0.05) is 19.9 Å². The van der Waals surface area contributed by atoms with Gasteiger partial charge in [0.25, 0.3) is 0 Å². The predicted octanol–water partition coefficient (Wildman–Crippen LogP) is 0.627. The molecule has 0 aromatic carbocycles.